The predicted octanol–water partition coefficient (Wildman–Crippen LogP) is 3.59. The topological polar surface area (TPSA) is 55.6 Å². The van der Waals surface area contributed by atoms with Gasteiger partial charge in [-0.15, -0.1) is 0 Å². The van der Waals surface area contributed by atoms with Crippen LogP contribution >= 0.6 is 0 Å². The first-order valence-corrected chi connectivity index (χ1v) is 9.18. The third-order valence-corrected chi connectivity index (χ3v) is 5.00. The summed E-state index contributed by atoms with van der Waals surface area (Å²) in [4.78, 5) is 16.8. The van der Waals surface area contributed by atoms with Gasteiger partial charge in [0.25, 0.3) is 5.91 Å². The maximum absolute atomic E-state index is 12.7. The highest BCUT2D eigenvalue weighted by Crippen LogP contribution is 2.23. The van der Waals surface area contributed by atoms with Crippen LogP contribution in [0.3, 0.4) is 0 Å². The first-order valence-electron chi connectivity index (χ1n) is 9.18. The van der Waals surface area contributed by atoms with Gasteiger partial charge in [-0.2, -0.15) is 0 Å². The molecule has 0 radical (unpaired) electrons. The van der Waals surface area contributed by atoms with Gasteiger partial charge in [0.15, 0.2) is 0 Å². The van der Waals surface area contributed by atoms with Crippen molar-refractivity contribution in [2.24, 2.45) is 0 Å². The number of ether oxygens (including phenoxy) is 1. The molecule has 0 spiro atoms. The number of amides is 1. The van der Waals surface area contributed by atoms with Gasteiger partial charge < -0.3 is 14.5 Å². The molecule has 0 bridgehead atoms. The number of fused-ring (bicyclic) bond motifs is 1. The molecule has 0 aliphatic heterocycles. The van der Waals surface area contributed by atoms with Crippen molar-refractivity contribution in [1.82, 2.24) is 14.7 Å². The molecule has 2 aromatic heterocycles. The summed E-state index contributed by atoms with van der Waals surface area (Å²) in [5.41, 5.74) is 2.73. The Morgan fingerprint density at radius 3 is 2.92 bits per heavy atom. The van der Waals surface area contributed by atoms with Crippen molar-refractivity contribution < 1.29 is 9.53 Å². The molecule has 134 valence electrons. The average Bonchev–Trinajstić information content (AvgIpc) is 3.16. The number of hydrogen-bond donors (Lipinski definition) is 1. The average molecular weight is 349 g/mol. The van der Waals surface area contributed by atoms with E-state index in [1.165, 1.54) is 0 Å². The van der Waals surface area contributed by atoms with Gasteiger partial charge in [-0.05, 0) is 30.5 Å². The molecule has 1 saturated carbocycles. The molecule has 0 unspecified atom stereocenters. The standard InChI is InChI=1S/C21H23N3O2/c25-21(17-10-11-24-15-22-13-18(24)12-17)23-19-8-4-5-9-20(19)26-14-16-6-2-1-3-7-16/h1-3,6-7,10-13,15,19-20H,4-5,8-9,14H2,(H,23,25)/t19-,20+/m1/s1. The molecule has 0 saturated heterocycles. The number of carbonyl (C=O) groups is 1. The highest BCUT2D eigenvalue weighted by atomic mass is 16.5. The first-order chi connectivity index (χ1) is 12.8. The number of nitrogens with zero attached hydrogens (tertiary/aromatic N) is 2. The molecule has 1 aliphatic carbocycles. The molecular formula is C21H23N3O2. The van der Waals surface area contributed by atoms with E-state index in [1.807, 2.05) is 40.9 Å². The summed E-state index contributed by atoms with van der Waals surface area (Å²) < 4.78 is 8.04. The van der Waals surface area contributed by atoms with Crippen molar-refractivity contribution in [3.05, 3.63) is 72.3 Å². The van der Waals surface area contributed by atoms with Crippen molar-refractivity contribution in [2.45, 2.75) is 44.4 Å². The van der Waals surface area contributed by atoms with Crippen molar-refractivity contribution in [1.29, 1.82) is 0 Å². The summed E-state index contributed by atoms with van der Waals surface area (Å²) in [6.45, 7) is 0.583. The Bertz CT molecular complexity index is 875. The van der Waals surface area contributed by atoms with Crippen molar-refractivity contribution in [2.75, 3.05) is 0 Å². The molecule has 2 atom stereocenters. The lowest BCUT2D eigenvalue weighted by molar-refractivity contribution is -0.00461. The highest BCUT2D eigenvalue weighted by Gasteiger charge is 2.27. The maximum Gasteiger partial charge on any atom is 0.251 e. The lowest BCUT2D eigenvalue weighted by Gasteiger charge is -2.32. The van der Waals surface area contributed by atoms with E-state index in [1.54, 1.807) is 12.5 Å². The van der Waals surface area contributed by atoms with E-state index in [2.05, 4.69) is 22.4 Å². The zero-order valence-electron chi connectivity index (χ0n) is 14.7. The first kappa shape index (κ1) is 16.8. The number of aromatic nitrogens is 2. The van der Waals surface area contributed by atoms with Crippen molar-refractivity contribution >= 4 is 11.4 Å². The molecule has 1 aliphatic rings. The fraction of sp³-hybridized carbons (Fsp3) is 0.333. The monoisotopic (exact) mass is 349 g/mol. The van der Waals surface area contributed by atoms with Crippen LogP contribution in [0.1, 0.15) is 41.6 Å². The van der Waals surface area contributed by atoms with Gasteiger partial charge in [0.1, 0.15) is 0 Å². The molecule has 5 heteroatoms. The Balaban J connectivity index is 1.41. The van der Waals surface area contributed by atoms with Gasteiger partial charge in [-0.25, -0.2) is 4.98 Å². The van der Waals surface area contributed by atoms with Crippen LogP contribution in [0.25, 0.3) is 5.52 Å². The zero-order chi connectivity index (χ0) is 17.8. The summed E-state index contributed by atoms with van der Waals surface area (Å²) in [5, 5.41) is 3.18. The van der Waals surface area contributed by atoms with E-state index in [-0.39, 0.29) is 18.1 Å². The van der Waals surface area contributed by atoms with Crippen molar-refractivity contribution in [3.8, 4) is 0 Å². The van der Waals surface area contributed by atoms with Crippen LogP contribution in [0.4, 0.5) is 0 Å². The van der Waals surface area contributed by atoms with Crippen LogP contribution in [0.5, 0.6) is 0 Å². The van der Waals surface area contributed by atoms with Gasteiger partial charge in [-0.1, -0.05) is 43.2 Å². The number of benzene rings is 1. The van der Waals surface area contributed by atoms with Gasteiger partial charge in [0, 0.05) is 11.8 Å². The van der Waals surface area contributed by atoms with E-state index in [0.717, 1.165) is 36.8 Å². The molecule has 1 amide bonds. The van der Waals surface area contributed by atoms with Gasteiger partial charge in [0.2, 0.25) is 0 Å². The van der Waals surface area contributed by atoms with Crippen LogP contribution in [0, 0.1) is 0 Å². The zero-order valence-corrected chi connectivity index (χ0v) is 14.7. The number of hydrogen-bond acceptors (Lipinski definition) is 3. The third kappa shape index (κ3) is 3.78. The molecule has 1 aromatic carbocycles. The van der Waals surface area contributed by atoms with E-state index in [4.69, 9.17) is 4.74 Å². The second kappa shape index (κ2) is 7.70. The van der Waals surface area contributed by atoms with Gasteiger partial charge in [0.05, 0.1) is 36.8 Å². The van der Waals surface area contributed by atoms with Crippen LogP contribution < -0.4 is 5.32 Å². The summed E-state index contributed by atoms with van der Waals surface area (Å²) in [7, 11) is 0. The van der Waals surface area contributed by atoms with Gasteiger partial charge >= 0.3 is 0 Å². The second-order valence-corrected chi connectivity index (χ2v) is 6.84. The molecule has 5 nitrogen and oxygen atoms in total. The second-order valence-electron chi connectivity index (χ2n) is 6.84. The predicted molar refractivity (Wildman–Crippen MR) is 99.9 cm³/mol. The minimum Gasteiger partial charge on any atom is -0.371 e. The smallest absolute Gasteiger partial charge is 0.251 e. The number of nitrogens with one attached hydrogen (secondary N) is 1. The Morgan fingerprint density at radius 1 is 1.19 bits per heavy atom. The number of rotatable bonds is 5. The summed E-state index contributed by atoms with van der Waals surface area (Å²) >= 11 is 0. The molecule has 1 N–H and O–H groups in total. The summed E-state index contributed by atoms with van der Waals surface area (Å²) in [6.07, 6.45) is 9.62. The van der Waals surface area contributed by atoms with Crippen LogP contribution in [0.2, 0.25) is 0 Å². The number of carbonyl (C=O) groups excluding carboxylic acids is 1. The van der Waals surface area contributed by atoms with E-state index in [0.29, 0.717) is 12.2 Å². The lowest BCUT2D eigenvalue weighted by Crippen LogP contribution is -2.46. The number of imidazole rings is 1. The highest BCUT2D eigenvalue weighted by molar-refractivity contribution is 5.95. The molecule has 1 fully saturated rings. The molecule has 4 rings (SSSR count). The molecule has 3 aromatic rings. The van der Waals surface area contributed by atoms with E-state index < -0.39 is 0 Å². The Labute approximate surface area is 153 Å². The maximum atomic E-state index is 12.7. The summed E-state index contributed by atoms with van der Waals surface area (Å²) in [5.74, 6) is -0.0473. The third-order valence-electron chi connectivity index (χ3n) is 5.00. The van der Waals surface area contributed by atoms with Gasteiger partial charge in [-0.3, -0.25) is 4.79 Å². The van der Waals surface area contributed by atoms with E-state index in [9.17, 15) is 4.79 Å². The minimum absolute atomic E-state index is 0.0473. The molecule has 2 heterocycles. The Morgan fingerprint density at radius 2 is 2.04 bits per heavy atom. The lowest BCUT2D eigenvalue weighted by atomic mass is 9.92. The van der Waals surface area contributed by atoms with Crippen LogP contribution in [-0.4, -0.2) is 27.4 Å². The van der Waals surface area contributed by atoms with Crippen LogP contribution in [0.15, 0.2) is 61.2 Å². The Kier molecular flexibility index (Phi) is 4.97. The summed E-state index contributed by atoms with van der Waals surface area (Å²) in [6, 6.07) is 13.9. The largest absolute Gasteiger partial charge is 0.371 e. The fourth-order valence-electron chi connectivity index (χ4n) is 3.55. The fourth-order valence-corrected chi connectivity index (χ4v) is 3.55. The minimum atomic E-state index is -0.0473. The molecular weight excluding hydrogens is 326 g/mol. The quantitative estimate of drug-likeness (QED) is 0.766. The van der Waals surface area contributed by atoms with Crippen LogP contribution in [-0.2, 0) is 11.3 Å². The normalized spacial score (nSPS) is 20.2. The van der Waals surface area contributed by atoms with E-state index >= 15 is 0 Å². The molecule has 26 heavy (non-hydrogen) atoms. The SMILES string of the molecule is O=C(N[C@@H]1CCCC[C@@H]1OCc1ccccc1)c1ccn2cncc2c1. The number of pyridine rings is 1. The van der Waals surface area contributed by atoms with Crippen molar-refractivity contribution in [3.63, 3.8) is 0 Å². The Hall–Kier alpha value is -2.66.